The molecule has 0 unspecified atom stereocenters. The summed E-state index contributed by atoms with van der Waals surface area (Å²) in [7, 11) is 5.36. The van der Waals surface area contributed by atoms with Gasteiger partial charge in [-0.1, -0.05) is 28.1 Å². The van der Waals surface area contributed by atoms with Gasteiger partial charge in [0, 0.05) is 23.1 Å². The average Bonchev–Trinajstić information content (AvgIpc) is 2.97. The van der Waals surface area contributed by atoms with E-state index in [-0.39, 0.29) is 11.3 Å². The van der Waals surface area contributed by atoms with E-state index in [0.717, 1.165) is 10.0 Å². The summed E-state index contributed by atoms with van der Waals surface area (Å²) in [5, 5.41) is 11.0. The number of ether oxygens (including phenoxy) is 1. The van der Waals surface area contributed by atoms with Crippen LogP contribution in [-0.4, -0.2) is 60.9 Å². The number of hydrogen-bond acceptors (Lipinski definition) is 5. The minimum absolute atomic E-state index is 0.0984. The third kappa shape index (κ3) is 4.36. The summed E-state index contributed by atoms with van der Waals surface area (Å²) in [6.45, 7) is 0.973. The van der Waals surface area contributed by atoms with Crippen molar-refractivity contribution < 1.29 is 19.4 Å². The molecule has 1 fully saturated rings. The first-order valence-electron chi connectivity index (χ1n) is 9.16. The van der Waals surface area contributed by atoms with Crippen LogP contribution in [-0.2, 0) is 9.59 Å². The van der Waals surface area contributed by atoms with Crippen LogP contribution in [0.25, 0.3) is 5.76 Å². The smallest absolute Gasteiger partial charge is 0.295 e. The number of methoxy groups -OCH3 is 1. The highest BCUT2D eigenvalue weighted by Gasteiger charge is 2.45. The van der Waals surface area contributed by atoms with Crippen LogP contribution in [0.3, 0.4) is 0 Å². The largest absolute Gasteiger partial charge is 0.507 e. The highest BCUT2D eigenvalue weighted by molar-refractivity contribution is 9.10. The fraction of sp³-hybridized carbons (Fsp3) is 0.273. The third-order valence-electron chi connectivity index (χ3n) is 4.88. The Labute approximate surface area is 178 Å². The zero-order valence-corrected chi connectivity index (χ0v) is 18.1. The van der Waals surface area contributed by atoms with Gasteiger partial charge >= 0.3 is 0 Å². The Kier molecular flexibility index (Phi) is 6.39. The predicted molar refractivity (Wildman–Crippen MR) is 115 cm³/mol. The van der Waals surface area contributed by atoms with Crippen molar-refractivity contribution in [2.75, 3.05) is 34.3 Å². The molecule has 3 rings (SSSR count). The summed E-state index contributed by atoms with van der Waals surface area (Å²) in [5.74, 6) is -0.830. The molecule has 1 amide bonds. The first-order chi connectivity index (χ1) is 13.8. The second kappa shape index (κ2) is 8.80. The number of rotatable bonds is 6. The summed E-state index contributed by atoms with van der Waals surface area (Å²) in [4.78, 5) is 29.2. The van der Waals surface area contributed by atoms with E-state index in [9.17, 15) is 14.7 Å². The SMILES string of the molecule is COc1ccc(/C(O)=C2\C(=O)C(=O)N(CCN(C)C)[C@H]2c2ccc(Br)cc2)cc1. The summed E-state index contributed by atoms with van der Waals surface area (Å²) >= 11 is 3.41. The van der Waals surface area contributed by atoms with Gasteiger partial charge in [0.05, 0.1) is 18.7 Å². The first-order valence-corrected chi connectivity index (χ1v) is 9.95. The Balaban J connectivity index is 2.11. The second-order valence-corrected chi connectivity index (χ2v) is 7.99. The van der Waals surface area contributed by atoms with E-state index in [1.807, 2.05) is 43.3 Å². The van der Waals surface area contributed by atoms with Crippen LogP contribution >= 0.6 is 15.9 Å². The van der Waals surface area contributed by atoms with Crippen LogP contribution in [0, 0.1) is 0 Å². The van der Waals surface area contributed by atoms with Gasteiger partial charge in [-0.2, -0.15) is 0 Å². The maximum absolute atomic E-state index is 12.9. The lowest BCUT2D eigenvalue weighted by Gasteiger charge is -2.26. The lowest BCUT2D eigenvalue weighted by atomic mass is 9.95. The zero-order chi connectivity index (χ0) is 21.1. The van der Waals surface area contributed by atoms with Crippen LogP contribution in [0.5, 0.6) is 5.75 Å². The number of benzene rings is 2. The number of likely N-dealkylation sites (tertiary alicyclic amines) is 1. The number of aliphatic hydroxyl groups is 1. The molecule has 6 nitrogen and oxygen atoms in total. The van der Waals surface area contributed by atoms with Gasteiger partial charge in [-0.05, 0) is 56.1 Å². The number of aliphatic hydroxyl groups excluding tert-OH is 1. The van der Waals surface area contributed by atoms with Gasteiger partial charge in [0.25, 0.3) is 11.7 Å². The molecule has 1 saturated heterocycles. The molecular formula is C22H23BrN2O4. The fourth-order valence-electron chi connectivity index (χ4n) is 3.31. The van der Waals surface area contributed by atoms with E-state index in [1.165, 1.54) is 4.90 Å². The Morgan fingerprint density at radius 3 is 2.28 bits per heavy atom. The molecule has 152 valence electrons. The van der Waals surface area contributed by atoms with E-state index >= 15 is 0 Å². The van der Waals surface area contributed by atoms with Crippen molar-refractivity contribution in [3.63, 3.8) is 0 Å². The van der Waals surface area contributed by atoms with Crippen molar-refractivity contribution in [1.82, 2.24) is 9.80 Å². The molecule has 0 saturated carbocycles. The Hall–Kier alpha value is -2.64. The highest BCUT2D eigenvalue weighted by Crippen LogP contribution is 2.39. The van der Waals surface area contributed by atoms with Crippen LogP contribution in [0.4, 0.5) is 0 Å². The molecule has 0 bridgehead atoms. The molecule has 0 spiro atoms. The molecule has 0 aromatic heterocycles. The molecule has 1 N–H and O–H groups in total. The Bertz CT molecular complexity index is 936. The number of carbonyl (C=O) groups excluding carboxylic acids is 2. The number of halogens is 1. The van der Waals surface area contributed by atoms with Gasteiger partial charge in [-0.15, -0.1) is 0 Å². The first kappa shape index (κ1) is 21.1. The number of amides is 1. The van der Waals surface area contributed by atoms with Crippen LogP contribution < -0.4 is 4.74 Å². The Morgan fingerprint density at radius 1 is 1.10 bits per heavy atom. The zero-order valence-electron chi connectivity index (χ0n) is 16.6. The summed E-state index contributed by atoms with van der Waals surface area (Å²) in [6.07, 6.45) is 0. The van der Waals surface area contributed by atoms with E-state index in [4.69, 9.17) is 4.74 Å². The van der Waals surface area contributed by atoms with E-state index in [2.05, 4.69) is 15.9 Å². The molecule has 1 atom stereocenters. The lowest BCUT2D eigenvalue weighted by molar-refractivity contribution is -0.140. The maximum Gasteiger partial charge on any atom is 0.295 e. The lowest BCUT2D eigenvalue weighted by Crippen LogP contribution is -2.35. The van der Waals surface area contributed by atoms with Gasteiger partial charge in [0.15, 0.2) is 0 Å². The summed E-state index contributed by atoms with van der Waals surface area (Å²) < 4.78 is 6.04. The monoisotopic (exact) mass is 458 g/mol. The number of carbonyl (C=O) groups is 2. The van der Waals surface area contributed by atoms with Crippen molar-refractivity contribution in [1.29, 1.82) is 0 Å². The van der Waals surface area contributed by atoms with Gasteiger partial charge in [0.1, 0.15) is 11.5 Å². The molecular weight excluding hydrogens is 436 g/mol. The van der Waals surface area contributed by atoms with Gasteiger partial charge in [-0.25, -0.2) is 0 Å². The van der Waals surface area contributed by atoms with Crippen LogP contribution in [0.1, 0.15) is 17.2 Å². The van der Waals surface area contributed by atoms with Crippen LogP contribution in [0.15, 0.2) is 58.6 Å². The van der Waals surface area contributed by atoms with Gasteiger partial charge < -0.3 is 19.6 Å². The topological polar surface area (TPSA) is 70.1 Å². The number of hydrogen-bond donors (Lipinski definition) is 1. The normalized spacial score (nSPS) is 18.5. The van der Waals surface area contributed by atoms with Crippen molar-refractivity contribution in [2.45, 2.75) is 6.04 Å². The number of likely N-dealkylation sites (N-methyl/N-ethyl adjacent to an activating group) is 1. The van der Waals surface area contributed by atoms with Crippen LogP contribution in [0.2, 0.25) is 0 Å². The molecule has 2 aromatic carbocycles. The van der Waals surface area contributed by atoms with Crippen molar-refractivity contribution in [3.05, 3.63) is 69.7 Å². The van der Waals surface area contributed by atoms with Crippen molar-refractivity contribution in [2.24, 2.45) is 0 Å². The van der Waals surface area contributed by atoms with Gasteiger partial charge in [0.2, 0.25) is 0 Å². The number of ketones is 1. The fourth-order valence-corrected chi connectivity index (χ4v) is 3.58. The second-order valence-electron chi connectivity index (χ2n) is 7.08. The minimum Gasteiger partial charge on any atom is -0.507 e. The highest BCUT2D eigenvalue weighted by atomic mass is 79.9. The standard InChI is InChI=1S/C22H23BrN2O4/c1-24(2)12-13-25-19(14-4-8-16(23)9-5-14)18(21(27)22(25)28)20(26)15-6-10-17(29-3)11-7-15/h4-11,19,26H,12-13H2,1-3H3/b20-18+/t19-/m0/s1. The molecule has 7 heteroatoms. The molecule has 1 aliphatic rings. The average molecular weight is 459 g/mol. The van der Waals surface area contributed by atoms with E-state index in [0.29, 0.717) is 24.4 Å². The molecule has 1 heterocycles. The minimum atomic E-state index is -0.676. The summed E-state index contributed by atoms with van der Waals surface area (Å²) in [6, 6.07) is 13.5. The quantitative estimate of drug-likeness (QED) is 0.407. The predicted octanol–water partition coefficient (Wildman–Crippen LogP) is 3.44. The molecule has 0 aliphatic carbocycles. The molecule has 2 aromatic rings. The van der Waals surface area contributed by atoms with Gasteiger partial charge in [-0.3, -0.25) is 9.59 Å². The number of Topliss-reactive ketones (excluding diaryl/α,β-unsaturated/α-hetero) is 1. The molecule has 29 heavy (non-hydrogen) atoms. The van der Waals surface area contributed by atoms with Crippen molar-refractivity contribution >= 4 is 33.4 Å². The number of nitrogens with zero attached hydrogens (tertiary/aromatic N) is 2. The maximum atomic E-state index is 12.9. The Morgan fingerprint density at radius 2 is 1.72 bits per heavy atom. The van der Waals surface area contributed by atoms with E-state index < -0.39 is 17.7 Å². The van der Waals surface area contributed by atoms with Crippen molar-refractivity contribution in [3.8, 4) is 5.75 Å². The summed E-state index contributed by atoms with van der Waals surface area (Å²) in [5.41, 5.74) is 1.32. The third-order valence-corrected chi connectivity index (χ3v) is 5.41. The molecule has 0 radical (unpaired) electrons. The van der Waals surface area contributed by atoms with E-state index in [1.54, 1.807) is 31.4 Å². The molecule has 1 aliphatic heterocycles.